The number of rotatable bonds is 4. The van der Waals surface area contributed by atoms with Crippen molar-refractivity contribution in [1.29, 1.82) is 0 Å². The first-order valence-corrected chi connectivity index (χ1v) is 8.55. The van der Waals surface area contributed by atoms with Crippen LogP contribution in [-0.2, 0) is 0 Å². The van der Waals surface area contributed by atoms with Gasteiger partial charge in [-0.3, -0.25) is 10.1 Å². The number of benzene rings is 2. The van der Waals surface area contributed by atoms with Gasteiger partial charge in [-0.1, -0.05) is 15.9 Å². The van der Waals surface area contributed by atoms with Gasteiger partial charge in [-0.25, -0.2) is 0 Å². The van der Waals surface area contributed by atoms with Crippen LogP contribution < -0.4 is 15.4 Å². The van der Waals surface area contributed by atoms with E-state index >= 15 is 0 Å². The van der Waals surface area contributed by atoms with Crippen molar-refractivity contribution < 1.29 is 9.66 Å². The first-order chi connectivity index (χ1) is 12.0. The second kappa shape index (κ2) is 7.20. The van der Waals surface area contributed by atoms with E-state index in [-0.39, 0.29) is 11.7 Å². The van der Waals surface area contributed by atoms with Gasteiger partial charge in [-0.2, -0.15) is 0 Å². The van der Waals surface area contributed by atoms with Gasteiger partial charge in [-0.05, 0) is 54.2 Å². The van der Waals surface area contributed by atoms with Crippen LogP contribution in [0.5, 0.6) is 5.75 Å². The summed E-state index contributed by atoms with van der Waals surface area (Å²) in [5.74, 6) is 0.717. The summed E-state index contributed by atoms with van der Waals surface area (Å²) in [6.45, 7) is 0. The summed E-state index contributed by atoms with van der Waals surface area (Å²) in [5.41, 5.74) is 2.61. The second-order valence-electron chi connectivity index (χ2n) is 5.35. The monoisotopic (exact) mass is 419 g/mol. The Morgan fingerprint density at radius 2 is 1.96 bits per heavy atom. The predicted octanol–water partition coefficient (Wildman–Crippen LogP) is 3.93. The van der Waals surface area contributed by atoms with Gasteiger partial charge in [0.25, 0.3) is 5.69 Å². The number of nitrogens with zero attached hydrogens (tertiary/aromatic N) is 1. The summed E-state index contributed by atoms with van der Waals surface area (Å²) in [7, 11) is 1.61. The zero-order chi connectivity index (χ0) is 18.0. The highest BCUT2D eigenvalue weighted by molar-refractivity contribution is 9.10. The molecule has 0 saturated carbocycles. The average molecular weight is 420 g/mol. The number of nitrogens with one attached hydrogen (secondary N) is 2. The number of non-ortho nitro benzene ring substituents is 1. The molecule has 128 valence electrons. The van der Waals surface area contributed by atoms with Gasteiger partial charge in [0.05, 0.1) is 18.1 Å². The quantitative estimate of drug-likeness (QED) is 0.444. The molecule has 0 aromatic heterocycles. The third kappa shape index (κ3) is 3.80. The molecule has 0 spiro atoms. The maximum absolute atomic E-state index is 10.8. The Balaban J connectivity index is 1.99. The van der Waals surface area contributed by atoms with Crippen LogP contribution in [0.4, 0.5) is 5.69 Å². The second-order valence-corrected chi connectivity index (χ2v) is 6.67. The molecule has 25 heavy (non-hydrogen) atoms. The van der Waals surface area contributed by atoms with Crippen molar-refractivity contribution in [2.24, 2.45) is 0 Å². The summed E-state index contributed by atoms with van der Waals surface area (Å²) < 4.78 is 6.35. The Bertz CT molecular complexity index is 868. The lowest BCUT2D eigenvalue weighted by atomic mass is 10.0. The van der Waals surface area contributed by atoms with E-state index in [0.29, 0.717) is 10.9 Å². The van der Waals surface area contributed by atoms with Crippen LogP contribution in [0.25, 0.3) is 5.70 Å². The number of hydrogen-bond acceptors (Lipinski definition) is 4. The molecule has 3 rings (SSSR count). The largest absolute Gasteiger partial charge is 0.496 e. The fourth-order valence-corrected chi connectivity index (χ4v) is 3.18. The SMILES string of the molecule is COc1ccc(Br)cc1C1=CC(c2ccc([N+](=O)[O-])cc2)NC(=S)N1. The van der Waals surface area contributed by atoms with Crippen LogP contribution in [0.3, 0.4) is 0 Å². The smallest absolute Gasteiger partial charge is 0.269 e. The Hall–Kier alpha value is -2.45. The summed E-state index contributed by atoms with van der Waals surface area (Å²) in [5, 5.41) is 17.6. The van der Waals surface area contributed by atoms with Gasteiger partial charge in [0.2, 0.25) is 0 Å². The molecule has 8 heteroatoms. The fourth-order valence-electron chi connectivity index (χ4n) is 2.58. The van der Waals surface area contributed by atoms with Crippen LogP contribution in [-0.4, -0.2) is 17.1 Å². The maximum atomic E-state index is 10.8. The van der Waals surface area contributed by atoms with Crippen molar-refractivity contribution in [3.05, 3.63) is 74.3 Å². The highest BCUT2D eigenvalue weighted by Gasteiger charge is 2.21. The first kappa shape index (κ1) is 17.4. The van der Waals surface area contributed by atoms with Crippen molar-refractivity contribution >= 4 is 44.6 Å². The maximum Gasteiger partial charge on any atom is 0.269 e. The summed E-state index contributed by atoms with van der Waals surface area (Å²) in [6, 6.07) is 11.9. The normalized spacial score (nSPS) is 16.5. The van der Waals surface area contributed by atoms with Gasteiger partial charge < -0.3 is 15.4 Å². The lowest BCUT2D eigenvalue weighted by Gasteiger charge is -2.27. The average Bonchev–Trinajstić information content (AvgIpc) is 2.61. The third-order valence-corrected chi connectivity index (χ3v) is 4.50. The molecule has 1 unspecified atom stereocenters. The van der Waals surface area contributed by atoms with Crippen LogP contribution in [0, 0.1) is 10.1 Å². The highest BCUT2D eigenvalue weighted by atomic mass is 79.9. The number of thiocarbonyl (C=S) groups is 1. The van der Waals surface area contributed by atoms with Crippen molar-refractivity contribution in [1.82, 2.24) is 10.6 Å². The number of ether oxygens (including phenoxy) is 1. The summed E-state index contributed by atoms with van der Waals surface area (Å²) >= 11 is 8.78. The highest BCUT2D eigenvalue weighted by Crippen LogP contribution is 2.31. The molecular formula is C17H14BrN3O3S. The zero-order valence-electron chi connectivity index (χ0n) is 13.2. The molecule has 0 aliphatic carbocycles. The number of hydrogen-bond donors (Lipinski definition) is 2. The minimum absolute atomic E-state index is 0.0538. The molecular weight excluding hydrogens is 406 g/mol. The number of halogens is 1. The lowest BCUT2D eigenvalue weighted by Crippen LogP contribution is -2.40. The Labute approximate surface area is 158 Å². The van der Waals surface area contributed by atoms with E-state index < -0.39 is 4.92 Å². The van der Waals surface area contributed by atoms with Crippen molar-refractivity contribution in [2.45, 2.75) is 6.04 Å². The molecule has 2 N–H and O–H groups in total. The van der Waals surface area contributed by atoms with E-state index in [4.69, 9.17) is 17.0 Å². The number of nitro groups is 1. The lowest BCUT2D eigenvalue weighted by molar-refractivity contribution is -0.384. The van der Waals surface area contributed by atoms with Gasteiger partial charge >= 0.3 is 0 Å². The van der Waals surface area contributed by atoms with E-state index in [1.54, 1.807) is 19.2 Å². The topological polar surface area (TPSA) is 76.4 Å². The minimum atomic E-state index is -0.419. The molecule has 0 radical (unpaired) electrons. The van der Waals surface area contributed by atoms with Crippen LogP contribution in [0.1, 0.15) is 17.2 Å². The molecule has 1 heterocycles. The standard InChI is InChI=1S/C17H14BrN3O3S/c1-24-16-7-4-11(18)8-13(16)15-9-14(19-17(25)20-15)10-2-5-12(6-3-10)21(22)23/h2-9,14H,1H3,(H2,19,20,25). The van der Waals surface area contributed by atoms with Crippen LogP contribution >= 0.6 is 28.1 Å². The van der Waals surface area contributed by atoms with Gasteiger partial charge in [0.1, 0.15) is 5.75 Å². The molecule has 2 aromatic rings. The minimum Gasteiger partial charge on any atom is -0.496 e. The van der Waals surface area contributed by atoms with Crippen LogP contribution in [0.15, 0.2) is 53.0 Å². The Morgan fingerprint density at radius 3 is 2.60 bits per heavy atom. The molecule has 6 nitrogen and oxygen atoms in total. The number of nitro benzene ring substituents is 1. The zero-order valence-corrected chi connectivity index (χ0v) is 15.6. The Morgan fingerprint density at radius 1 is 1.24 bits per heavy atom. The van der Waals surface area contributed by atoms with Crippen molar-refractivity contribution in [3.63, 3.8) is 0 Å². The van der Waals surface area contributed by atoms with E-state index in [9.17, 15) is 10.1 Å². The number of methoxy groups -OCH3 is 1. The fraction of sp³-hybridized carbons (Fsp3) is 0.118. The van der Waals surface area contributed by atoms with Crippen molar-refractivity contribution in [2.75, 3.05) is 7.11 Å². The molecule has 0 bridgehead atoms. The van der Waals surface area contributed by atoms with E-state index in [1.165, 1.54) is 12.1 Å². The van der Waals surface area contributed by atoms with E-state index in [0.717, 1.165) is 21.3 Å². The van der Waals surface area contributed by atoms with E-state index in [1.807, 2.05) is 24.3 Å². The summed E-state index contributed by atoms with van der Waals surface area (Å²) in [6.07, 6.45) is 1.97. The van der Waals surface area contributed by atoms with Gasteiger partial charge in [0.15, 0.2) is 5.11 Å². The molecule has 2 aromatic carbocycles. The van der Waals surface area contributed by atoms with E-state index in [2.05, 4.69) is 26.6 Å². The molecule has 1 atom stereocenters. The molecule has 0 saturated heterocycles. The molecule has 0 amide bonds. The first-order valence-electron chi connectivity index (χ1n) is 7.35. The third-order valence-electron chi connectivity index (χ3n) is 3.78. The Kier molecular flexibility index (Phi) is 5.00. The van der Waals surface area contributed by atoms with Crippen LogP contribution in [0.2, 0.25) is 0 Å². The molecule has 1 aliphatic heterocycles. The summed E-state index contributed by atoms with van der Waals surface area (Å²) in [4.78, 5) is 10.4. The van der Waals surface area contributed by atoms with Crippen molar-refractivity contribution in [3.8, 4) is 5.75 Å². The molecule has 0 fully saturated rings. The predicted molar refractivity (Wildman–Crippen MR) is 103 cm³/mol. The molecule has 1 aliphatic rings. The van der Waals surface area contributed by atoms with Gasteiger partial charge in [-0.15, -0.1) is 0 Å². The van der Waals surface area contributed by atoms with Gasteiger partial charge in [0, 0.05) is 27.9 Å².